The van der Waals surface area contributed by atoms with Crippen LogP contribution in [-0.4, -0.2) is 57.3 Å². The summed E-state index contributed by atoms with van der Waals surface area (Å²) in [5.41, 5.74) is -3.75. The monoisotopic (exact) mass is 218 g/mol. The molecule has 0 saturated carbocycles. The third kappa shape index (κ3) is 1.39. The number of hydrogen-bond acceptors (Lipinski definition) is 5. The highest BCUT2D eigenvalue weighted by Crippen LogP contribution is 2.42. The maximum Gasteiger partial charge on any atom is 0.424 e. The van der Waals surface area contributed by atoms with Gasteiger partial charge in [-0.3, -0.25) is 0 Å². The van der Waals surface area contributed by atoms with Crippen LogP contribution >= 0.6 is 0 Å². The minimum absolute atomic E-state index is 0.934. The van der Waals surface area contributed by atoms with E-state index in [4.69, 9.17) is 20.4 Å². The van der Waals surface area contributed by atoms with E-state index in [0.29, 0.717) is 0 Å². The van der Waals surface area contributed by atoms with E-state index < -0.39 is 36.9 Å². The third-order valence-electron chi connectivity index (χ3n) is 2.12. The van der Waals surface area contributed by atoms with Crippen LogP contribution < -0.4 is 0 Å². The average Bonchev–Trinajstić information content (AvgIpc) is 2.29. The van der Waals surface area contributed by atoms with E-state index in [-0.39, 0.29) is 0 Å². The molecule has 0 aromatic heterocycles. The van der Waals surface area contributed by atoms with E-state index in [2.05, 4.69) is 4.74 Å². The Hall–Kier alpha value is -0.410. The Labute approximate surface area is 76.3 Å². The van der Waals surface area contributed by atoms with Crippen molar-refractivity contribution in [3.63, 3.8) is 0 Å². The third-order valence-corrected chi connectivity index (χ3v) is 2.12. The molecule has 1 unspecified atom stereocenters. The van der Waals surface area contributed by atoms with Gasteiger partial charge in [-0.2, -0.15) is 13.2 Å². The molecular weight excluding hydrogens is 209 g/mol. The number of hydrogen-bond donors (Lipinski definition) is 4. The van der Waals surface area contributed by atoms with Crippen LogP contribution in [0.15, 0.2) is 0 Å². The zero-order valence-corrected chi connectivity index (χ0v) is 6.77. The maximum absolute atomic E-state index is 12.2. The minimum atomic E-state index is -5.24. The standard InChI is InChI=1S/C6H9F3O5/c7-6(8,9)5(13)3(11)2(1-10)14-4(5)12/h2-4,10-13H,1H2/t2-,3-,4?,5-/m1/s1. The van der Waals surface area contributed by atoms with E-state index in [1.807, 2.05) is 0 Å². The molecule has 0 spiro atoms. The normalized spacial score (nSPS) is 44.4. The van der Waals surface area contributed by atoms with Crippen LogP contribution in [0.4, 0.5) is 13.2 Å². The summed E-state index contributed by atoms with van der Waals surface area (Å²) in [6.45, 7) is -0.934. The Morgan fingerprint density at radius 1 is 1.29 bits per heavy atom. The summed E-state index contributed by atoms with van der Waals surface area (Å²) in [6, 6.07) is 0. The van der Waals surface area contributed by atoms with Crippen molar-refractivity contribution in [3.8, 4) is 0 Å². The van der Waals surface area contributed by atoms with E-state index in [1.54, 1.807) is 0 Å². The Morgan fingerprint density at radius 2 is 1.79 bits per heavy atom. The summed E-state index contributed by atoms with van der Waals surface area (Å²) < 4.78 is 40.8. The van der Waals surface area contributed by atoms with E-state index >= 15 is 0 Å². The second kappa shape index (κ2) is 3.31. The van der Waals surface area contributed by atoms with Crippen molar-refractivity contribution in [1.82, 2.24) is 0 Å². The highest BCUT2D eigenvalue weighted by molar-refractivity contribution is 5.04. The van der Waals surface area contributed by atoms with Crippen LogP contribution in [0.25, 0.3) is 0 Å². The molecule has 5 nitrogen and oxygen atoms in total. The van der Waals surface area contributed by atoms with Crippen LogP contribution in [0.2, 0.25) is 0 Å². The Bertz CT molecular complexity index is 220. The van der Waals surface area contributed by atoms with Gasteiger partial charge in [-0.1, -0.05) is 0 Å². The molecule has 8 heteroatoms. The highest BCUT2D eigenvalue weighted by atomic mass is 19.4. The van der Waals surface area contributed by atoms with Crippen LogP contribution in [0.1, 0.15) is 0 Å². The predicted molar refractivity (Wildman–Crippen MR) is 35.0 cm³/mol. The SMILES string of the molecule is OC[C@H]1OC(O)[C@@](O)(C(F)(F)F)[C@@H]1O. The average molecular weight is 218 g/mol. The molecule has 0 aromatic carbocycles. The summed E-state index contributed by atoms with van der Waals surface area (Å²) in [5.74, 6) is 0. The highest BCUT2D eigenvalue weighted by Gasteiger charge is 2.69. The number of alkyl halides is 3. The second-order valence-electron chi connectivity index (χ2n) is 2.98. The first kappa shape index (κ1) is 11.7. The minimum Gasteiger partial charge on any atom is -0.394 e. The fourth-order valence-electron chi connectivity index (χ4n) is 1.22. The molecular formula is C6H9F3O5. The Kier molecular flexibility index (Phi) is 2.76. The smallest absolute Gasteiger partial charge is 0.394 e. The fourth-order valence-corrected chi connectivity index (χ4v) is 1.22. The fraction of sp³-hybridized carbons (Fsp3) is 1.00. The molecule has 14 heavy (non-hydrogen) atoms. The van der Waals surface area contributed by atoms with Crippen molar-refractivity contribution in [2.24, 2.45) is 0 Å². The van der Waals surface area contributed by atoms with Crippen molar-refractivity contribution in [3.05, 3.63) is 0 Å². The molecule has 0 aromatic rings. The molecule has 84 valence electrons. The predicted octanol–water partition coefficient (Wildman–Crippen LogP) is -1.65. The maximum atomic E-state index is 12.2. The molecule has 4 atom stereocenters. The number of aliphatic hydroxyl groups is 4. The largest absolute Gasteiger partial charge is 0.424 e. The topological polar surface area (TPSA) is 90.2 Å². The van der Waals surface area contributed by atoms with Gasteiger partial charge in [0.25, 0.3) is 0 Å². The zero-order valence-electron chi connectivity index (χ0n) is 6.77. The molecule has 0 aliphatic carbocycles. The van der Waals surface area contributed by atoms with Crippen molar-refractivity contribution >= 4 is 0 Å². The molecule has 1 fully saturated rings. The summed E-state index contributed by atoms with van der Waals surface area (Å²) in [4.78, 5) is 0. The van der Waals surface area contributed by atoms with E-state index in [0.717, 1.165) is 0 Å². The Morgan fingerprint density at radius 3 is 2.00 bits per heavy atom. The lowest BCUT2D eigenvalue weighted by Crippen LogP contribution is -2.59. The van der Waals surface area contributed by atoms with E-state index in [9.17, 15) is 13.2 Å². The van der Waals surface area contributed by atoms with Gasteiger partial charge in [0.2, 0.25) is 5.60 Å². The van der Waals surface area contributed by atoms with Crippen molar-refractivity contribution < 1.29 is 38.3 Å². The van der Waals surface area contributed by atoms with Crippen LogP contribution in [-0.2, 0) is 4.74 Å². The molecule has 1 heterocycles. The lowest BCUT2D eigenvalue weighted by atomic mass is 9.95. The van der Waals surface area contributed by atoms with Gasteiger partial charge in [-0.15, -0.1) is 0 Å². The molecule has 4 N–H and O–H groups in total. The molecule has 1 aliphatic heterocycles. The summed E-state index contributed by atoms with van der Waals surface area (Å²) in [6.07, 6.45) is -11.9. The number of rotatable bonds is 1. The van der Waals surface area contributed by atoms with Crippen LogP contribution in [0.5, 0.6) is 0 Å². The zero-order chi connectivity index (χ0) is 11.1. The quantitative estimate of drug-likeness (QED) is 0.423. The molecule has 0 amide bonds. The Balaban J connectivity index is 2.99. The second-order valence-corrected chi connectivity index (χ2v) is 2.98. The molecule has 1 saturated heterocycles. The molecule has 1 rings (SSSR count). The number of halogens is 3. The van der Waals surface area contributed by atoms with Gasteiger partial charge in [0.05, 0.1) is 6.61 Å². The lowest BCUT2D eigenvalue weighted by molar-refractivity contribution is -0.322. The van der Waals surface area contributed by atoms with Crippen molar-refractivity contribution in [1.29, 1.82) is 0 Å². The van der Waals surface area contributed by atoms with Gasteiger partial charge in [-0.25, -0.2) is 0 Å². The van der Waals surface area contributed by atoms with Crippen molar-refractivity contribution in [2.75, 3.05) is 6.61 Å². The number of ether oxygens (including phenoxy) is 1. The van der Waals surface area contributed by atoms with Crippen LogP contribution in [0.3, 0.4) is 0 Å². The van der Waals surface area contributed by atoms with Gasteiger partial charge >= 0.3 is 6.18 Å². The first-order valence-electron chi connectivity index (χ1n) is 3.66. The molecule has 0 radical (unpaired) electrons. The van der Waals surface area contributed by atoms with Gasteiger partial charge in [-0.05, 0) is 0 Å². The van der Waals surface area contributed by atoms with Gasteiger partial charge < -0.3 is 25.2 Å². The van der Waals surface area contributed by atoms with Gasteiger partial charge in [0, 0.05) is 0 Å². The summed E-state index contributed by atoms with van der Waals surface area (Å²) in [5, 5.41) is 35.3. The first-order chi connectivity index (χ1) is 6.25. The van der Waals surface area contributed by atoms with Crippen LogP contribution in [0, 0.1) is 0 Å². The summed E-state index contributed by atoms with van der Waals surface area (Å²) in [7, 11) is 0. The first-order valence-corrected chi connectivity index (χ1v) is 3.66. The van der Waals surface area contributed by atoms with E-state index in [1.165, 1.54) is 0 Å². The molecule has 1 aliphatic rings. The van der Waals surface area contributed by atoms with Gasteiger partial charge in [0.1, 0.15) is 12.2 Å². The molecule has 0 bridgehead atoms. The number of aliphatic hydroxyl groups excluding tert-OH is 3. The summed E-state index contributed by atoms with van der Waals surface area (Å²) >= 11 is 0. The lowest BCUT2D eigenvalue weighted by Gasteiger charge is -2.30. The van der Waals surface area contributed by atoms with Gasteiger partial charge in [0.15, 0.2) is 6.29 Å². The van der Waals surface area contributed by atoms with Crippen molar-refractivity contribution in [2.45, 2.75) is 30.3 Å².